The Morgan fingerprint density at radius 2 is 1.18 bits per heavy atom. The van der Waals surface area contributed by atoms with Crippen molar-refractivity contribution in [2.75, 3.05) is 0 Å². The third-order valence-electron chi connectivity index (χ3n) is 4.27. The van der Waals surface area contributed by atoms with E-state index in [4.69, 9.17) is 4.74 Å². The molecule has 0 aliphatic rings. The van der Waals surface area contributed by atoms with Crippen molar-refractivity contribution in [1.82, 2.24) is 0 Å². The minimum absolute atomic E-state index is 0.0943. The highest BCUT2D eigenvalue weighted by Gasteiger charge is 2.33. The van der Waals surface area contributed by atoms with Gasteiger partial charge < -0.3 is 4.74 Å². The average molecular weight is 404 g/mol. The molecule has 152 valence electrons. The van der Waals surface area contributed by atoms with Crippen LogP contribution in [0.3, 0.4) is 0 Å². The third-order valence-corrected chi connectivity index (χ3v) is 4.27. The van der Waals surface area contributed by atoms with Crippen molar-refractivity contribution >= 4 is 5.97 Å². The lowest BCUT2D eigenvalue weighted by Crippen LogP contribution is -2.23. The Kier molecular flexibility index (Phi) is 6.41. The summed E-state index contributed by atoms with van der Waals surface area (Å²) in [5.41, 5.74) is -0.908. The van der Waals surface area contributed by atoms with Crippen LogP contribution in [0.5, 0.6) is 0 Å². The van der Waals surface area contributed by atoms with Gasteiger partial charge in [0.1, 0.15) is 6.10 Å². The van der Waals surface area contributed by atoms with Crippen LogP contribution in [-0.2, 0) is 21.9 Å². The number of hydrogen-bond donors (Lipinski definition) is 0. The van der Waals surface area contributed by atoms with Gasteiger partial charge in [0.15, 0.2) is 0 Å². The SMILES string of the molecule is CCC(=O)OC(C)C(c1ccc(C(F)(F)F)cc1)c1ccc(C(F)(F)F)cc1. The van der Waals surface area contributed by atoms with Crippen LogP contribution in [0.2, 0.25) is 0 Å². The number of ether oxygens (including phenoxy) is 1. The Hall–Kier alpha value is -2.51. The highest BCUT2D eigenvalue weighted by molar-refractivity contribution is 5.69. The first-order valence-electron chi connectivity index (χ1n) is 8.47. The van der Waals surface area contributed by atoms with E-state index in [1.165, 1.54) is 24.3 Å². The minimum atomic E-state index is -4.51. The molecular formula is C20H18F6O2. The first-order chi connectivity index (χ1) is 12.9. The van der Waals surface area contributed by atoms with E-state index in [0.717, 1.165) is 24.3 Å². The number of carbonyl (C=O) groups is 1. The van der Waals surface area contributed by atoms with Gasteiger partial charge in [-0.05, 0) is 42.3 Å². The van der Waals surface area contributed by atoms with Crippen molar-refractivity contribution in [3.05, 3.63) is 70.8 Å². The lowest BCUT2D eigenvalue weighted by molar-refractivity contribution is -0.148. The Labute approximate surface area is 158 Å². The van der Waals surface area contributed by atoms with Crippen LogP contribution in [-0.4, -0.2) is 12.1 Å². The minimum Gasteiger partial charge on any atom is -0.462 e. The molecule has 0 aliphatic heterocycles. The van der Waals surface area contributed by atoms with Crippen molar-refractivity contribution in [2.24, 2.45) is 0 Å². The summed E-state index contributed by atoms with van der Waals surface area (Å²) in [5, 5.41) is 0. The molecule has 0 aliphatic carbocycles. The molecule has 0 heterocycles. The van der Waals surface area contributed by atoms with Crippen LogP contribution in [0, 0.1) is 0 Å². The molecule has 1 unspecified atom stereocenters. The van der Waals surface area contributed by atoms with Crippen LogP contribution in [0.1, 0.15) is 48.4 Å². The van der Waals surface area contributed by atoms with Gasteiger partial charge in [0.2, 0.25) is 0 Å². The number of halogens is 6. The highest BCUT2D eigenvalue weighted by atomic mass is 19.4. The van der Waals surface area contributed by atoms with Gasteiger partial charge in [-0.1, -0.05) is 31.2 Å². The van der Waals surface area contributed by atoms with E-state index in [1.54, 1.807) is 13.8 Å². The zero-order chi connectivity index (χ0) is 21.1. The van der Waals surface area contributed by atoms with Crippen LogP contribution in [0.4, 0.5) is 26.3 Å². The molecule has 2 nitrogen and oxygen atoms in total. The third kappa shape index (κ3) is 5.27. The van der Waals surface area contributed by atoms with E-state index in [2.05, 4.69) is 0 Å². The maximum absolute atomic E-state index is 12.8. The average Bonchev–Trinajstić information content (AvgIpc) is 2.61. The fourth-order valence-corrected chi connectivity index (χ4v) is 2.85. The van der Waals surface area contributed by atoms with Gasteiger partial charge in [0.25, 0.3) is 0 Å². The van der Waals surface area contributed by atoms with Crippen LogP contribution < -0.4 is 0 Å². The molecule has 1 atom stereocenters. The van der Waals surface area contributed by atoms with Crippen LogP contribution in [0.15, 0.2) is 48.5 Å². The largest absolute Gasteiger partial charge is 0.462 e. The molecular weight excluding hydrogens is 386 g/mol. The first kappa shape index (κ1) is 21.8. The maximum Gasteiger partial charge on any atom is 0.416 e. The lowest BCUT2D eigenvalue weighted by atomic mass is 9.86. The summed E-state index contributed by atoms with van der Waals surface area (Å²) >= 11 is 0. The summed E-state index contributed by atoms with van der Waals surface area (Å²) in [6.45, 7) is 3.13. The Balaban J connectivity index is 2.43. The zero-order valence-electron chi connectivity index (χ0n) is 15.1. The molecule has 2 aromatic rings. The van der Waals surface area contributed by atoms with Gasteiger partial charge in [-0.15, -0.1) is 0 Å². The Bertz CT molecular complexity index is 734. The van der Waals surface area contributed by atoms with E-state index in [1.807, 2.05) is 0 Å². The Morgan fingerprint density at radius 1 is 0.821 bits per heavy atom. The highest BCUT2D eigenvalue weighted by Crippen LogP contribution is 2.36. The second-order valence-electron chi connectivity index (χ2n) is 6.27. The van der Waals surface area contributed by atoms with E-state index in [9.17, 15) is 31.1 Å². The Morgan fingerprint density at radius 3 is 1.46 bits per heavy atom. The number of benzene rings is 2. The maximum atomic E-state index is 12.8. The number of rotatable bonds is 5. The second kappa shape index (κ2) is 8.24. The predicted molar refractivity (Wildman–Crippen MR) is 90.6 cm³/mol. The van der Waals surface area contributed by atoms with Gasteiger partial charge in [0.05, 0.1) is 11.1 Å². The molecule has 0 aromatic heterocycles. The van der Waals surface area contributed by atoms with Crippen molar-refractivity contribution in [2.45, 2.75) is 44.6 Å². The van der Waals surface area contributed by atoms with Gasteiger partial charge in [-0.2, -0.15) is 26.3 Å². The summed E-state index contributed by atoms with van der Waals surface area (Å²) in [4.78, 5) is 11.6. The summed E-state index contributed by atoms with van der Waals surface area (Å²) in [6.07, 6.45) is -9.72. The first-order valence-corrected chi connectivity index (χ1v) is 8.47. The molecule has 2 aromatic carbocycles. The lowest BCUT2D eigenvalue weighted by Gasteiger charge is -2.25. The van der Waals surface area contributed by atoms with E-state index < -0.39 is 41.5 Å². The predicted octanol–water partition coefficient (Wildman–Crippen LogP) is 6.20. The van der Waals surface area contributed by atoms with Gasteiger partial charge in [-0.3, -0.25) is 4.79 Å². The van der Waals surface area contributed by atoms with E-state index in [-0.39, 0.29) is 6.42 Å². The number of carbonyl (C=O) groups excluding carboxylic acids is 1. The van der Waals surface area contributed by atoms with E-state index in [0.29, 0.717) is 11.1 Å². The smallest absolute Gasteiger partial charge is 0.416 e. The molecule has 28 heavy (non-hydrogen) atoms. The van der Waals surface area contributed by atoms with E-state index >= 15 is 0 Å². The fourth-order valence-electron chi connectivity index (χ4n) is 2.85. The monoisotopic (exact) mass is 404 g/mol. The van der Waals surface area contributed by atoms with Crippen molar-refractivity contribution in [1.29, 1.82) is 0 Å². The van der Waals surface area contributed by atoms with Crippen LogP contribution >= 0.6 is 0 Å². The molecule has 0 bridgehead atoms. The summed E-state index contributed by atoms with van der Waals surface area (Å²) in [5.74, 6) is -1.24. The summed E-state index contributed by atoms with van der Waals surface area (Å²) < 4.78 is 82.1. The van der Waals surface area contributed by atoms with Crippen molar-refractivity contribution in [3.63, 3.8) is 0 Å². The molecule has 0 N–H and O–H groups in total. The molecule has 2 rings (SSSR count). The number of esters is 1. The number of hydrogen-bond acceptors (Lipinski definition) is 2. The normalized spacial score (nSPS) is 13.5. The molecule has 0 saturated heterocycles. The molecule has 0 saturated carbocycles. The van der Waals surface area contributed by atoms with Gasteiger partial charge in [-0.25, -0.2) is 0 Å². The van der Waals surface area contributed by atoms with Crippen LogP contribution in [0.25, 0.3) is 0 Å². The van der Waals surface area contributed by atoms with Gasteiger partial charge in [0, 0.05) is 12.3 Å². The standard InChI is InChI=1S/C20H18F6O2/c1-3-17(27)28-12(2)18(13-4-8-15(9-5-13)19(21,22)23)14-6-10-16(11-7-14)20(24,25)26/h4-12,18H,3H2,1-2H3. The molecule has 0 spiro atoms. The molecule has 0 fully saturated rings. The zero-order valence-corrected chi connectivity index (χ0v) is 15.1. The second-order valence-corrected chi connectivity index (χ2v) is 6.27. The summed E-state index contributed by atoms with van der Waals surface area (Å²) in [7, 11) is 0. The fraction of sp³-hybridized carbons (Fsp3) is 0.350. The molecule has 0 amide bonds. The molecule has 0 radical (unpaired) electrons. The summed E-state index contributed by atoms with van der Waals surface area (Å²) in [6, 6.07) is 8.51. The van der Waals surface area contributed by atoms with Crippen molar-refractivity contribution in [3.8, 4) is 0 Å². The number of alkyl halides is 6. The molecule has 8 heteroatoms. The topological polar surface area (TPSA) is 26.3 Å². The quantitative estimate of drug-likeness (QED) is 0.438. The van der Waals surface area contributed by atoms with Gasteiger partial charge >= 0.3 is 18.3 Å². The van der Waals surface area contributed by atoms with Crippen molar-refractivity contribution < 1.29 is 35.9 Å².